The van der Waals surface area contributed by atoms with E-state index in [9.17, 15) is 0 Å². The number of benzene rings is 1. The highest BCUT2D eigenvalue weighted by atomic mass is 15.1. The average Bonchev–Trinajstić information content (AvgIpc) is 2.56. The maximum atomic E-state index is 4.59. The zero-order valence-corrected chi connectivity index (χ0v) is 10.2. The molecule has 0 unspecified atom stereocenters. The van der Waals surface area contributed by atoms with Gasteiger partial charge in [-0.15, -0.1) is 0 Å². The molecule has 2 heteroatoms. The number of imidazole rings is 1. The zero-order valence-electron chi connectivity index (χ0n) is 10.2. The fourth-order valence-electron chi connectivity index (χ4n) is 1.91. The van der Waals surface area contributed by atoms with Crippen LogP contribution in [-0.2, 0) is 19.9 Å². The Hall–Kier alpha value is -1.57. The van der Waals surface area contributed by atoms with Gasteiger partial charge in [0.2, 0.25) is 0 Å². The summed E-state index contributed by atoms with van der Waals surface area (Å²) >= 11 is 0. The topological polar surface area (TPSA) is 17.8 Å². The van der Waals surface area contributed by atoms with Crippen molar-refractivity contribution >= 4 is 0 Å². The lowest BCUT2D eigenvalue weighted by Crippen LogP contribution is -2.01. The van der Waals surface area contributed by atoms with Crippen molar-refractivity contribution in [2.45, 2.75) is 26.7 Å². The van der Waals surface area contributed by atoms with Gasteiger partial charge in [0, 0.05) is 19.2 Å². The molecule has 2 aromatic rings. The Labute approximate surface area is 97.0 Å². The van der Waals surface area contributed by atoms with E-state index in [1.165, 1.54) is 17.1 Å². The number of aryl methyl sites for hydroxylation is 3. The van der Waals surface area contributed by atoms with Crippen LogP contribution in [-0.4, -0.2) is 9.55 Å². The van der Waals surface area contributed by atoms with E-state index in [0.717, 1.165) is 18.5 Å². The van der Waals surface area contributed by atoms with Crippen LogP contribution in [0.4, 0.5) is 0 Å². The summed E-state index contributed by atoms with van der Waals surface area (Å²) in [6.45, 7) is 4.19. The van der Waals surface area contributed by atoms with Gasteiger partial charge in [-0.3, -0.25) is 0 Å². The molecule has 0 N–H and O–H groups in total. The predicted octanol–water partition coefficient (Wildman–Crippen LogP) is 2.82. The molecular formula is C14H18N2. The smallest absolute Gasteiger partial charge is 0.109 e. The van der Waals surface area contributed by atoms with Gasteiger partial charge in [0.25, 0.3) is 0 Å². The van der Waals surface area contributed by atoms with Gasteiger partial charge in [-0.05, 0) is 25.8 Å². The molecule has 0 bridgehead atoms. The number of aromatic nitrogens is 2. The van der Waals surface area contributed by atoms with Crippen LogP contribution in [0.3, 0.4) is 0 Å². The quantitative estimate of drug-likeness (QED) is 0.768. The largest absolute Gasteiger partial charge is 0.335 e. The van der Waals surface area contributed by atoms with Gasteiger partial charge >= 0.3 is 0 Å². The summed E-state index contributed by atoms with van der Waals surface area (Å²) < 4.78 is 2.19. The molecule has 0 aliphatic carbocycles. The van der Waals surface area contributed by atoms with Crippen LogP contribution < -0.4 is 0 Å². The van der Waals surface area contributed by atoms with E-state index in [1.807, 2.05) is 0 Å². The van der Waals surface area contributed by atoms with Crippen molar-refractivity contribution in [1.82, 2.24) is 9.55 Å². The lowest BCUT2D eigenvalue weighted by molar-refractivity contribution is 0.755. The highest BCUT2D eigenvalue weighted by Gasteiger charge is 2.07. The second-order valence-electron chi connectivity index (χ2n) is 4.24. The number of nitrogens with zero attached hydrogens (tertiary/aromatic N) is 2. The third-order valence-electron chi connectivity index (χ3n) is 3.19. The third-order valence-corrected chi connectivity index (χ3v) is 3.19. The molecule has 0 amide bonds. The van der Waals surface area contributed by atoms with Gasteiger partial charge in [0.15, 0.2) is 0 Å². The third kappa shape index (κ3) is 2.16. The molecule has 1 heterocycles. The summed E-state index contributed by atoms with van der Waals surface area (Å²) in [4.78, 5) is 4.59. The van der Waals surface area contributed by atoms with Gasteiger partial charge in [0.1, 0.15) is 5.82 Å². The van der Waals surface area contributed by atoms with E-state index in [2.05, 4.69) is 60.8 Å². The fourth-order valence-corrected chi connectivity index (χ4v) is 1.91. The molecule has 0 aliphatic heterocycles. The van der Waals surface area contributed by atoms with Gasteiger partial charge in [0.05, 0.1) is 5.69 Å². The minimum atomic E-state index is 1.01. The number of rotatable bonds is 3. The van der Waals surface area contributed by atoms with Crippen molar-refractivity contribution in [3.05, 3.63) is 53.1 Å². The first kappa shape index (κ1) is 10.9. The molecule has 2 rings (SSSR count). The minimum Gasteiger partial charge on any atom is -0.335 e. The van der Waals surface area contributed by atoms with Crippen LogP contribution in [0.15, 0.2) is 30.3 Å². The normalized spacial score (nSPS) is 10.7. The first-order valence-electron chi connectivity index (χ1n) is 5.71. The van der Waals surface area contributed by atoms with E-state index in [1.54, 1.807) is 0 Å². The van der Waals surface area contributed by atoms with E-state index in [-0.39, 0.29) is 0 Å². The molecule has 0 spiro atoms. The lowest BCUT2D eigenvalue weighted by Gasteiger charge is -2.03. The van der Waals surface area contributed by atoms with Gasteiger partial charge in [-0.25, -0.2) is 4.98 Å². The summed E-state index contributed by atoms with van der Waals surface area (Å²) in [5, 5.41) is 0. The van der Waals surface area contributed by atoms with Crippen LogP contribution >= 0.6 is 0 Å². The van der Waals surface area contributed by atoms with Crippen molar-refractivity contribution < 1.29 is 0 Å². The summed E-state index contributed by atoms with van der Waals surface area (Å²) in [6, 6.07) is 10.6. The molecule has 16 heavy (non-hydrogen) atoms. The fraction of sp³-hybridized carbons (Fsp3) is 0.357. The molecule has 1 aromatic heterocycles. The van der Waals surface area contributed by atoms with Crippen LogP contribution in [0.25, 0.3) is 0 Å². The van der Waals surface area contributed by atoms with Crippen molar-refractivity contribution in [3.63, 3.8) is 0 Å². The Balaban J connectivity index is 2.08. The highest BCUT2D eigenvalue weighted by Crippen LogP contribution is 2.10. The summed E-state index contributed by atoms with van der Waals surface area (Å²) in [6.07, 6.45) is 2.07. The first-order chi connectivity index (χ1) is 7.68. The van der Waals surface area contributed by atoms with Crippen molar-refractivity contribution in [1.29, 1.82) is 0 Å². The first-order valence-corrected chi connectivity index (χ1v) is 5.71. The molecule has 0 radical (unpaired) electrons. The molecule has 1 aromatic carbocycles. The molecule has 0 fully saturated rings. The molecular weight excluding hydrogens is 196 g/mol. The monoisotopic (exact) mass is 214 g/mol. The molecule has 0 saturated heterocycles. The average molecular weight is 214 g/mol. The lowest BCUT2D eigenvalue weighted by atomic mass is 10.1. The van der Waals surface area contributed by atoms with Gasteiger partial charge in [-0.2, -0.15) is 0 Å². The van der Waals surface area contributed by atoms with E-state index in [0.29, 0.717) is 0 Å². The van der Waals surface area contributed by atoms with Crippen LogP contribution in [0.5, 0.6) is 0 Å². The highest BCUT2D eigenvalue weighted by molar-refractivity contribution is 5.18. The molecule has 0 saturated carbocycles. The maximum absolute atomic E-state index is 4.59. The molecule has 0 atom stereocenters. The van der Waals surface area contributed by atoms with E-state index in [4.69, 9.17) is 0 Å². The Kier molecular flexibility index (Phi) is 3.09. The van der Waals surface area contributed by atoms with Crippen molar-refractivity contribution in [3.8, 4) is 0 Å². The van der Waals surface area contributed by atoms with Gasteiger partial charge < -0.3 is 4.57 Å². The number of hydrogen-bond acceptors (Lipinski definition) is 1. The Morgan fingerprint density at radius 3 is 2.31 bits per heavy atom. The predicted molar refractivity (Wildman–Crippen MR) is 66.5 cm³/mol. The molecule has 2 nitrogen and oxygen atoms in total. The second-order valence-corrected chi connectivity index (χ2v) is 4.24. The Bertz CT molecular complexity index is 469. The van der Waals surface area contributed by atoms with E-state index >= 15 is 0 Å². The summed E-state index contributed by atoms with van der Waals surface area (Å²) in [7, 11) is 2.09. The van der Waals surface area contributed by atoms with E-state index < -0.39 is 0 Å². The summed E-state index contributed by atoms with van der Waals surface area (Å²) in [5.41, 5.74) is 3.79. The molecule has 0 aliphatic rings. The zero-order chi connectivity index (χ0) is 11.5. The Morgan fingerprint density at radius 2 is 1.75 bits per heavy atom. The van der Waals surface area contributed by atoms with Crippen molar-refractivity contribution in [2.24, 2.45) is 7.05 Å². The SMILES string of the molecule is Cc1nc(CCc2ccccc2)n(C)c1C. The maximum Gasteiger partial charge on any atom is 0.109 e. The van der Waals surface area contributed by atoms with Crippen molar-refractivity contribution in [2.75, 3.05) is 0 Å². The van der Waals surface area contributed by atoms with Crippen LogP contribution in [0.2, 0.25) is 0 Å². The van der Waals surface area contributed by atoms with Gasteiger partial charge in [-0.1, -0.05) is 30.3 Å². The Morgan fingerprint density at radius 1 is 1.06 bits per heavy atom. The number of hydrogen-bond donors (Lipinski definition) is 0. The minimum absolute atomic E-state index is 1.01. The molecule has 84 valence electrons. The summed E-state index contributed by atoms with van der Waals surface area (Å²) in [5.74, 6) is 1.18. The second kappa shape index (κ2) is 4.52. The van der Waals surface area contributed by atoms with Crippen LogP contribution in [0, 0.1) is 13.8 Å². The van der Waals surface area contributed by atoms with Crippen LogP contribution in [0.1, 0.15) is 22.8 Å². The standard InChI is InChI=1S/C14H18N2/c1-11-12(2)16(3)14(15-11)10-9-13-7-5-4-6-8-13/h4-8H,9-10H2,1-3H3.